The number of thiazole rings is 1. The van der Waals surface area contributed by atoms with E-state index < -0.39 is 16.0 Å². The van der Waals surface area contributed by atoms with Crippen LogP contribution in [0.15, 0.2) is 22.0 Å². The van der Waals surface area contributed by atoms with Crippen LogP contribution in [0.25, 0.3) is 0 Å². The van der Waals surface area contributed by atoms with Crippen molar-refractivity contribution in [3.63, 3.8) is 0 Å². The zero-order valence-electron chi connectivity index (χ0n) is 9.78. The van der Waals surface area contributed by atoms with Gasteiger partial charge >= 0.3 is 5.97 Å². The third kappa shape index (κ3) is 3.18. The first-order valence-electron chi connectivity index (χ1n) is 5.11. The van der Waals surface area contributed by atoms with Gasteiger partial charge in [-0.15, -0.1) is 22.7 Å². The quantitative estimate of drug-likeness (QED) is 0.874. The third-order valence-electron chi connectivity index (χ3n) is 2.27. The molecule has 6 nitrogen and oxygen atoms in total. The van der Waals surface area contributed by atoms with E-state index in [1.54, 1.807) is 18.6 Å². The molecule has 102 valence electrons. The molecule has 0 bridgehead atoms. The molecule has 0 radical (unpaired) electrons. The number of aromatic carboxylic acids is 1. The molecule has 0 saturated carbocycles. The zero-order valence-corrected chi connectivity index (χ0v) is 12.2. The summed E-state index contributed by atoms with van der Waals surface area (Å²) in [7, 11) is -3.69. The Morgan fingerprint density at radius 1 is 1.53 bits per heavy atom. The van der Waals surface area contributed by atoms with Crippen molar-refractivity contribution < 1.29 is 18.3 Å². The number of hydrogen-bond donors (Lipinski definition) is 2. The van der Waals surface area contributed by atoms with Gasteiger partial charge in [0.2, 0.25) is 10.0 Å². The smallest absolute Gasteiger partial charge is 0.346 e. The SMILES string of the molecule is Cc1cc(S(=O)(=O)NCc2cncs2)sc1C(=O)O. The van der Waals surface area contributed by atoms with Crippen LogP contribution in [0.4, 0.5) is 0 Å². The molecule has 0 fully saturated rings. The van der Waals surface area contributed by atoms with Gasteiger partial charge in [0.15, 0.2) is 0 Å². The van der Waals surface area contributed by atoms with Crippen molar-refractivity contribution >= 4 is 38.7 Å². The van der Waals surface area contributed by atoms with Crippen LogP contribution < -0.4 is 4.72 Å². The summed E-state index contributed by atoms with van der Waals surface area (Å²) in [6.45, 7) is 1.72. The zero-order chi connectivity index (χ0) is 14.0. The Morgan fingerprint density at radius 2 is 2.26 bits per heavy atom. The standard InChI is InChI=1S/C10H10N2O4S3/c1-6-2-8(18-9(6)10(13)14)19(15,16)12-4-7-3-11-5-17-7/h2-3,5,12H,4H2,1H3,(H,13,14). The van der Waals surface area contributed by atoms with Gasteiger partial charge in [0.25, 0.3) is 0 Å². The average molecular weight is 318 g/mol. The molecule has 2 heterocycles. The van der Waals surface area contributed by atoms with Gasteiger partial charge in [0.1, 0.15) is 9.09 Å². The number of rotatable bonds is 5. The number of aryl methyl sites for hydroxylation is 1. The second kappa shape index (κ2) is 5.37. The monoisotopic (exact) mass is 318 g/mol. The van der Waals surface area contributed by atoms with Gasteiger partial charge in [-0.1, -0.05) is 0 Å². The maximum absolute atomic E-state index is 12.0. The fraction of sp³-hybridized carbons (Fsp3) is 0.200. The molecule has 0 aromatic carbocycles. The first kappa shape index (κ1) is 14.1. The fourth-order valence-corrected chi connectivity index (χ4v) is 4.42. The summed E-state index contributed by atoms with van der Waals surface area (Å²) in [6.07, 6.45) is 1.58. The van der Waals surface area contributed by atoms with Gasteiger partial charge in [-0.05, 0) is 18.6 Å². The van der Waals surface area contributed by atoms with Gasteiger partial charge in [-0.3, -0.25) is 4.98 Å². The molecule has 0 aliphatic heterocycles. The number of nitrogens with one attached hydrogen (secondary N) is 1. The molecule has 2 aromatic rings. The van der Waals surface area contributed by atoms with Crippen LogP contribution >= 0.6 is 22.7 Å². The Kier molecular flexibility index (Phi) is 3.99. The van der Waals surface area contributed by atoms with Crippen molar-refractivity contribution in [3.8, 4) is 0 Å². The van der Waals surface area contributed by atoms with E-state index in [2.05, 4.69) is 9.71 Å². The van der Waals surface area contributed by atoms with E-state index in [1.807, 2.05) is 0 Å². The number of hydrogen-bond acceptors (Lipinski definition) is 6. The molecule has 19 heavy (non-hydrogen) atoms. The minimum atomic E-state index is -3.69. The lowest BCUT2D eigenvalue weighted by Crippen LogP contribution is -2.21. The lowest BCUT2D eigenvalue weighted by Gasteiger charge is -2.01. The summed E-state index contributed by atoms with van der Waals surface area (Å²) in [5.74, 6) is -1.12. The number of carboxylic acids is 1. The summed E-state index contributed by atoms with van der Waals surface area (Å²) >= 11 is 2.09. The number of carbonyl (C=O) groups is 1. The topological polar surface area (TPSA) is 96.4 Å². The molecule has 0 unspecified atom stereocenters. The molecular formula is C10H10N2O4S3. The molecular weight excluding hydrogens is 308 g/mol. The minimum absolute atomic E-state index is 0.00640. The summed E-state index contributed by atoms with van der Waals surface area (Å²) in [6, 6.07) is 1.36. The number of nitrogens with zero attached hydrogens (tertiary/aromatic N) is 1. The van der Waals surface area contributed by atoms with E-state index in [4.69, 9.17) is 5.11 Å². The van der Waals surface area contributed by atoms with Crippen molar-refractivity contribution in [3.05, 3.63) is 33.1 Å². The van der Waals surface area contributed by atoms with E-state index in [9.17, 15) is 13.2 Å². The van der Waals surface area contributed by atoms with E-state index in [-0.39, 0.29) is 15.6 Å². The highest BCUT2D eigenvalue weighted by Gasteiger charge is 2.21. The molecule has 0 aliphatic carbocycles. The van der Waals surface area contributed by atoms with Crippen molar-refractivity contribution in [2.24, 2.45) is 0 Å². The maximum atomic E-state index is 12.0. The predicted molar refractivity (Wildman–Crippen MR) is 72.2 cm³/mol. The van der Waals surface area contributed by atoms with Crippen LogP contribution in [0.2, 0.25) is 0 Å². The Bertz CT molecular complexity index is 688. The molecule has 2 N–H and O–H groups in total. The molecule has 9 heteroatoms. The number of carboxylic acid groups (broad SMARTS) is 1. The van der Waals surface area contributed by atoms with Crippen LogP contribution in [-0.4, -0.2) is 24.5 Å². The van der Waals surface area contributed by atoms with E-state index in [0.29, 0.717) is 5.56 Å². The number of aromatic nitrogens is 1. The van der Waals surface area contributed by atoms with Gasteiger partial charge in [0, 0.05) is 17.6 Å². The second-order valence-electron chi connectivity index (χ2n) is 3.68. The Balaban J connectivity index is 2.20. The summed E-state index contributed by atoms with van der Waals surface area (Å²) in [5, 5.41) is 8.91. The van der Waals surface area contributed by atoms with Crippen LogP contribution in [0.1, 0.15) is 20.1 Å². The predicted octanol–water partition coefficient (Wildman–Crippen LogP) is 1.69. The second-order valence-corrected chi connectivity index (χ2v) is 7.69. The van der Waals surface area contributed by atoms with Gasteiger partial charge in [0.05, 0.1) is 5.51 Å². The highest BCUT2D eigenvalue weighted by molar-refractivity contribution is 7.91. The van der Waals surface area contributed by atoms with Crippen molar-refractivity contribution in [2.45, 2.75) is 17.7 Å². The summed E-state index contributed by atoms with van der Waals surface area (Å²) in [5.41, 5.74) is 2.05. The van der Waals surface area contributed by atoms with Crippen LogP contribution in [0, 0.1) is 6.92 Å². The first-order chi connectivity index (χ1) is 8.90. The van der Waals surface area contributed by atoms with Crippen molar-refractivity contribution in [1.82, 2.24) is 9.71 Å². The molecule has 2 aromatic heterocycles. The molecule has 0 aliphatic rings. The summed E-state index contributed by atoms with van der Waals surface area (Å²) in [4.78, 5) is 15.6. The largest absolute Gasteiger partial charge is 0.477 e. The molecule has 2 rings (SSSR count). The molecule has 0 saturated heterocycles. The fourth-order valence-electron chi connectivity index (χ4n) is 1.36. The molecule has 0 spiro atoms. The van der Waals surface area contributed by atoms with Crippen LogP contribution in [0.5, 0.6) is 0 Å². The lowest BCUT2D eigenvalue weighted by molar-refractivity contribution is 0.0701. The minimum Gasteiger partial charge on any atom is -0.477 e. The first-order valence-corrected chi connectivity index (χ1v) is 8.29. The van der Waals surface area contributed by atoms with Gasteiger partial charge < -0.3 is 5.11 Å². The third-order valence-corrected chi connectivity index (χ3v) is 6.15. The number of sulfonamides is 1. The highest BCUT2D eigenvalue weighted by atomic mass is 32.2. The van der Waals surface area contributed by atoms with Gasteiger partial charge in [-0.25, -0.2) is 17.9 Å². The molecule has 0 amide bonds. The number of thiophene rings is 1. The maximum Gasteiger partial charge on any atom is 0.346 e. The van der Waals surface area contributed by atoms with Gasteiger partial charge in [-0.2, -0.15) is 0 Å². The lowest BCUT2D eigenvalue weighted by atomic mass is 10.3. The Hall–Kier alpha value is -1.29. The molecule has 0 atom stereocenters. The van der Waals surface area contributed by atoms with Crippen molar-refractivity contribution in [1.29, 1.82) is 0 Å². The van der Waals surface area contributed by atoms with E-state index in [0.717, 1.165) is 16.2 Å². The Labute approximate surface area is 117 Å². The Morgan fingerprint density at radius 3 is 2.79 bits per heavy atom. The average Bonchev–Trinajstić information content (AvgIpc) is 2.95. The van der Waals surface area contributed by atoms with E-state index in [1.165, 1.54) is 17.4 Å². The summed E-state index contributed by atoms with van der Waals surface area (Å²) < 4.78 is 26.4. The van der Waals surface area contributed by atoms with Crippen LogP contribution in [0.3, 0.4) is 0 Å². The highest BCUT2D eigenvalue weighted by Crippen LogP contribution is 2.26. The van der Waals surface area contributed by atoms with E-state index >= 15 is 0 Å². The normalized spacial score (nSPS) is 11.6. The van der Waals surface area contributed by atoms with Crippen LogP contribution in [-0.2, 0) is 16.6 Å². The van der Waals surface area contributed by atoms with Crippen molar-refractivity contribution in [2.75, 3.05) is 0 Å².